The summed E-state index contributed by atoms with van der Waals surface area (Å²) in [6.07, 6.45) is 1.15. The summed E-state index contributed by atoms with van der Waals surface area (Å²) >= 11 is 0. The van der Waals surface area contributed by atoms with Crippen molar-refractivity contribution in [3.63, 3.8) is 0 Å². The molecule has 1 heterocycles. The molecule has 6 nitrogen and oxygen atoms in total. The lowest BCUT2D eigenvalue weighted by Gasteiger charge is -2.05. The summed E-state index contributed by atoms with van der Waals surface area (Å²) in [5.74, 6) is 1.50. The number of aromatic nitrogens is 1. The lowest BCUT2D eigenvalue weighted by Crippen LogP contribution is -1.92. The van der Waals surface area contributed by atoms with Crippen LogP contribution in [0.5, 0.6) is 17.4 Å². The molecule has 0 unspecified atom stereocenters. The van der Waals surface area contributed by atoms with Gasteiger partial charge >= 0.3 is 0 Å². The topological polar surface area (TPSA) is 74.5 Å². The SMILES string of the molecule is COc1cccc(Oc2ccc([N+](=O)[O-])cn2)c1. The van der Waals surface area contributed by atoms with Gasteiger partial charge in [-0.15, -0.1) is 0 Å². The van der Waals surface area contributed by atoms with Crippen LogP contribution in [-0.2, 0) is 0 Å². The number of methoxy groups -OCH3 is 1. The van der Waals surface area contributed by atoms with E-state index in [0.29, 0.717) is 11.5 Å². The maximum absolute atomic E-state index is 10.5. The molecule has 0 amide bonds. The van der Waals surface area contributed by atoms with Crippen LogP contribution in [0.25, 0.3) is 0 Å². The molecule has 0 aliphatic carbocycles. The summed E-state index contributed by atoms with van der Waals surface area (Å²) in [5, 5.41) is 10.5. The molecule has 0 radical (unpaired) electrons. The first kappa shape index (κ1) is 11.8. The average molecular weight is 246 g/mol. The number of benzene rings is 1. The van der Waals surface area contributed by atoms with Crippen LogP contribution in [0.1, 0.15) is 0 Å². The van der Waals surface area contributed by atoms with Crippen LogP contribution in [0.4, 0.5) is 5.69 Å². The molecule has 1 aromatic carbocycles. The normalized spacial score (nSPS) is 9.83. The Labute approximate surface area is 103 Å². The predicted molar refractivity (Wildman–Crippen MR) is 64.0 cm³/mol. The molecular weight excluding hydrogens is 236 g/mol. The molecule has 92 valence electrons. The molecule has 2 rings (SSSR count). The maximum Gasteiger partial charge on any atom is 0.287 e. The standard InChI is InChI=1S/C12H10N2O4/c1-17-10-3-2-4-11(7-10)18-12-6-5-9(8-13-12)14(15)16/h2-8H,1H3. The van der Waals surface area contributed by atoms with Gasteiger partial charge in [-0.3, -0.25) is 10.1 Å². The Kier molecular flexibility index (Phi) is 3.38. The lowest BCUT2D eigenvalue weighted by atomic mass is 10.3. The Bertz CT molecular complexity index is 554. The highest BCUT2D eigenvalue weighted by Crippen LogP contribution is 2.24. The van der Waals surface area contributed by atoms with Crippen molar-refractivity contribution in [2.45, 2.75) is 0 Å². The van der Waals surface area contributed by atoms with Crippen LogP contribution in [0.15, 0.2) is 42.6 Å². The van der Waals surface area contributed by atoms with Gasteiger partial charge in [0.15, 0.2) is 0 Å². The van der Waals surface area contributed by atoms with Gasteiger partial charge in [-0.25, -0.2) is 4.98 Å². The van der Waals surface area contributed by atoms with Crippen molar-refractivity contribution < 1.29 is 14.4 Å². The van der Waals surface area contributed by atoms with Crippen molar-refractivity contribution >= 4 is 5.69 Å². The minimum atomic E-state index is -0.512. The molecule has 18 heavy (non-hydrogen) atoms. The number of ether oxygens (including phenoxy) is 2. The van der Waals surface area contributed by atoms with Crippen LogP contribution in [0.3, 0.4) is 0 Å². The first-order chi connectivity index (χ1) is 8.69. The van der Waals surface area contributed by atoms with Crippen LogP contribution in [0.2, 0.25) is 0 Å². The smallest absolute Gasteiger partial charge is 0.287 e. The van der Waals surface area contributed by atoms with E-state index < -0.39 is 4.92 Å². The first-order valence-corrected chi connectivity index (χ1v) is 5.11. The molecule has 0 bridgehead atoms. The first-order valence-electron chi connectivity index (χ1n) is 5.11. The average Bonchev–Trinajstić information content (AvgIpc) is 2.39. The van der Waals surface area contributed by atoms with Crippen molar-refractivity contribution in [2.75, 3.05) is 7.11 Å². The Morgan fingerprint density at radius 2 is 2.00 bits per heavy atom. The monoisotopic (exact) mass is 246 g/mol. The maximum atomic E-state index is 10.5. The van der Waals surface area contributed by atoms with Crippen LogP contribution in [0, 0.1) is 10.1 Å². The van der Waals surface area contributed by atoms with Gasteiger partial charge in [-0.1, -0.05) is 6.07 Å². The summed E-state index contributed by atoms with van der Waals surface area (Å²) in [6.45, 7) is 0. The Morgan fingerprint density at radius 1 is 1.22 bits per heavy atom. The van der Waals surface area contributed by atoms with E-state index >= 15 is 0 Å². The Morgan fingerprint density at radius 3 is 2.61 bits per heavy atom. The number of pyridine rings is 1. The number of nitro groups is 1. The Balaban J connectivity index is 2.15. The number of nitrogens with zero attached hydrogens (tertiary/aromatic N) is 2. The van der Waals surface area contributed by atoms with E-state index in [1.54, 1.807) is 31.4 Å². The molecule has 1 aromatic heterocycles. The molecule has 6 heteroatoms. The van der Waals surface area contributed by atoms with Crippen LogP contribution < -0.4 is 9.47 Å². The van der Waals surface area contributed by atoms with E-state index in [2.05, 4.69) is 4.98 Å². The number of rotatable bonds is 4. The quantitative estimate of drug-likeness (QED) is 0.612. The zero-order valence-corrected chi connectivity index (χ0v) is 9.57. The summed E-state index contributed by atoms with van der Waals surface area (Å²) in [7, 11) is 1.56. The second-order valence-corrected chi connectivity index (χ2v) is 3.39. The van der Waals surface area contributed by atoms with E-state index in [-0.39, 0.29) is 11.6 Å². The minimum absolute atomic E-state index is 0.0759. The van der Waals surface area contributed by atoms with Gasteiger partial charge in [0.1, 0.15) is 17.7 Å². The van der Waals surface area contributed by atoms with Crippen LogP contribution >= 0.6 is 0 Å². The second-order valence-electron chi connectivity index (χ2n) is 3.39. The van der Waals surface area contributed by atoms with Crippen molar-refractivity contribution in [3.05, 3.63) is 52.7 Å². The molecule has 0 atom stereocenters. The van der Waals surface area contributed by atoms with Crippen molar-refractivity contribution in [1.82, 2.24) is 4.98 Å². The van der Waals surface area contributed by atoms with Gasteiger partial charge in [0.05, 0.1) is 12.0 Å². The Hall–Kier alpha value is -2.63. The minimum Gasteiger partial charge on any atom is -0.497 e. The summed E-state index contributed by atoms with van der Waals surface area (Å²) in [6, 6.07) is 9.78. The highest BCUT2D eigenvalue weighted by atomic mass is 16.6. The van der Waals surface area contributed by atoms with Gasteiger partial charge in [0.25, 0.3) is 5.69 Å². The summed E-state index contributed by atoms with van der Waals surface area (Å²) < 4.78 is 10.5. The zero-order valence-electron chi connectivity index (χ0n) is 9.57. The zero-order chi connectivity index (χ0) is 13.0. The summed E-state index contributed by atoms with van der Waals surface area (Å²) in [4.78, 5) is 13.8. The fourth-order valence-corrected chi connectivity index (χ4v) is 1.33. The third-order valence-corrected chi connectivity index (χ3v) is 2.20. The molecule has 0 aliphatic rings. The number of hydrogen-bond acceptors (Lipinski definition) is 5. The molecule has 0 fully saturated rings. The molecule has 0 spiro atoms. The summed E-state index contributed by atoms with van der Waals surface area (Å²) in [5.41, 5.74) is -0.0759. The van der Waals surface area contributed by atoms with E-state index in [1.807, 2.05) is 0 Å². The van der Waals surface area contributed by atoms with Gasteiger partial charge in [0, 0.05) is 18.2 Å². The highest BCUT2D eigenvalue weighted by Gasteiger charge is 2.06. The number of hydrogen-bond donors (Lipinski definition) is 0. The van der Waals surface area contributed by atoms with E-state index in [9.17, 15) is 10.1 Å². The van der Waals surface area contributed by atoms with E-state index in [1.165, 1.54) is 12.1 Å². The highest BCUT2D eigenvalue weighted by molar-refractivity contribution is 5.36. The molecule has 0 N–H and O–H groups in total. The van der Waals surface area contributed by atoms with Gasteiger partial charge in [-0.05, 0) is 12.1 Å². The van der Waals surface area contributed by atoms with Gasteiger partial charge in [-0.2, -0.15) is 0 Å². The molecule has 0 saturated heterocycles. The molecule has 0 aliphatic heterocycles. The van der Waals surface area contributed by atoms with Gasteiger partial charge in [0.2, 0.25) is 5.88 Å². The van der Waals surface area contributed by atoms with Crippen molar-refractivity contribution in [3.8, 4) is 17.4 Å². The second kappa shape index (κ2) is 5.13. The van der Waals surface area contributed by atoms with Crippen molar-refractivity contribution in [1.29, 1.82) is 0 Å². The third kappa shape index (κ3) is 2.73. The fraction of sp³-hybridized carbons (Fsp3) is 0.0833. The van der Waals surface area contributed by atoms with Crippen LogP contribution in [-0.4, -0.2) is 17.0 Å². The predicted octanol–water partition coefficient (Wildman–Crippen LogP) is 2.79. The van der Waals surface area contributed by atoms with E-state index in [0.717, 1.165) is 6.20 Å². The molecule has 0 saturated carbocycles. The third-order valence-electron chi connectivity index (χ3n) is 2.20. The molecule has 2 aromatic rings. The molecular formula is C12H10N2O4. The van der Waals surface area contributed by atoms with E-state index in [4.69, 9.17) is 9.47 Å². The largest absolute Gasteiger partial charge is 0.497 e. The van der Waals surface area contributed by atoms with Gasteiger partial charge < -0.3 is 9.47 Å². The van der Waals surface area contributed by atoms with Crippen molar-refractivity contribution in [2.24, 2.45) is 0 Å². The lowest BCUT2D eigenvalue weighted by molar-refractivity contribution is -0.385. The fourth-order valence-electron chi connectivity index (χ4n) is 1.33.